The molecule has 170 valence electrons. The Balaban J connectivity index is 1.72. The number of methoxy groups -OCH3 is 3. The van der Waals surface area contributed by atoms with E-state index >= 15 is 0 Å². The lowest BCUT2D eigenvalue weighted by atomic mass is 9.85. The molecule has 1 aliphatic carbocycles. The van der Waals surface area contributed by atoms with Crippen molar-refractivity contribution in [3.63, 3.8) is 0 Å². The average molecular weight is 450 g/mol. The van der Waals surface area contributed by atoms with Gasteiger partial charge >= 0.3 is 0 Å². The van der Waals surface area contributed by atoms with Gasteiger partial charge in [0, 0.05) is 34.9 Å². The number of carbonyl (C=O) groups excluding carboxylic acids is 1. The number of nitrogens with zero attached hydrogens (tertiary/aromatic N) is 3. The van der Waals surface area contributed by atoms with Crippen molar-refractivity contribution in [1.29, 1.82) is 0 Å². The molecule has 3 aromatic rings. The fourth-order valence-electron chi connectivity index (χ4n) is 4.43. The standard InChI is InChI=1S/C24H23FN4O4/c1-31-18-12-20(33-3)19(32-2)11-15(18)22-21-16(5-4-6-17(21)30)26-24-27-23(28-29(22)24)13-7-9-14(25)10-8-13/h7-12,22H,4-6H2,1-3H3,(H,26,27,28). The van der Waals surface area contributed by atoms with Crippen molar-refractivity contribution in [2.24, 2.45) is 0 Å². The topological polar surface area (TPSA) is 87.5 Å². The lowest BCUT2D eigenvalue weighted by Gasteiger charge is -2.33. The van der Waals surface area contributed by atoms with Crippen molar-refractivity contribution >= 4 is 11.7 Å². The van der Waals surface area contributed by atoms with Gasteiger partial charge in [-0.15, -0.1) is 5.10 Å². The highest BCUT2D eigenvalue weighted by Gasteiger charge is 2.38. The Morgan fingerprint density at radius 3 is 2.39 bits per heavy atom. The Hall–Kier alpha value is -3.88. The zero-order valence-corrected chi connectivity index (χ0v) is 18.5. The molecule has 8 nitrogen and oxygen atoms in total. The summed E-state index contributed by atoms with van der Waals surface area (Å²) in [5.74, 6) is 2.21. The zero-order valence-electron chi connectivity index (χ0n) is 18.5. The van der Waals surface area contributed by atoms with Crippen molar-refractivity contribution in [3.05, 3.63) is 59.0 Å². The number of aromatic nitrogens is 3. The molecule has 0 saturated carbocycles. The van der Waals surface area contributed by atoms with Gasteiger partial charge in [-0.05, 0) is 43.2 Å². The minimum atomic E-state index is -0.569. The van der Waals surface area contributed by atoms with Crippen LogP contribution in [-0.4, -0.2) is 41.9 Å². The lowest BCUT2D eigenvalue weighted by Crippen LogP contribution is -2.31. The number of nitrogens with one attached hydrogen (secondary N) is 1. The van der Waals surface area contributed by atoms with Crippen LogP contribution < -0.4 is 19.5 Å². The molecule has 2 heterocycles. The largest absolute Gasteiger partial charge is 0.496 e. The van der Waals surface area contributed by atoms with Gasteiger partial charge in [0.15, 0.2) is 23.1 Å². The van der Waals surface area contributed by atoms with E-state index in [1.807, 2.05) is 6.07 Å². The molecule has 0 saturated heterocycles. The van der Waals surface area contributed by atoms with Crippen molar-refractivity contribution in [1.82, 2.24) is 14.8 Å². The maximum Gasteiger partial charge on any atom is 0.226 e. The number of ketones is 1. The van der Waals surface area contributed by atoms with Gasteiger partial charge in [-0.2, -0.15) is 4.98 Å². The normalized spacial score (nSPS) is 17.2. The first-order valence-corrected chi connectivity index (χ1v) is 10.6. The van der Waals surface area contributed by atoms with Crippen LogP contribution in [0.3, 0.4) is 0 Å². The van der Waals surface area contributed by atoms with E-state index in [2.05, 4.69) is 10.3 Å². The minimum Gasteiger partial charge on any atom is -0.496 e. The summed E-state index contributed by atoms with van der Waals surface area (Å²) in [7, 11) is 4.67. The van der Waals surface area contributed by atoms with Gasteiger partial charge in [-0.1, -0.05) is 0 Å². The molecule has 1 aromatic heterocycles. The van der Waals surface area contributed by atoms with Gasteiger partial charge in [0.2, 0.25) is 5.95 Å². The molecular formula is C24H23FN4O4. The molecular weight excluding hydrogens is 427 g/mol. The van der Waals surface area contributed by atoms with Crippen LogP contribution in [0.15, 0.2) is 47.7 Å². The highest BCUT2D eigenvalue weighted by molar-refractivity contribution is 5.99. The second-order valence-corrected chi connectivity index (χ2v) is 7.86. The first kappa shape index (κ1) is 21.0. The number of fused-ring (bicyclic) bond motifs is 1. The van der Waals surface area contributed by atoms with Gasteiger partial charge in [0.1, 0.15) is 17.6 Å². The Bertz CT molecular complexity index is 1270. The van der Waals surface area contributed by atoms with Crippen LogP contribution in [0.25, 0.3) is 11.4 Å². The second-order valence-electron chi connectivity index (χ2n) is 7.86. The summed E-state index contributed by atoms with van der Waals surface area (Å²) in [4.78, 5) is 17.8. The Labute approximate surface area is 190 Å². The molecule has 0 spiro atoms. The predicted molar refractivity (Wildman–Crippen MR) is 119 cm³/mol. The third kappa shape index (κ3) is 3.49. The van der Waals surface area contributed by atoms with Gasteiger partial charge in [-0.25, -0.2) is 9.07 Å². The molecule has 5 rings (SSSR count). The molecule has 1 aliphatic heterocycles. The van der Waals surface area contributed by atoms with Crippen LogP contribution >= 0.6 is 0 Å². The number of anilines is 1. The molecule has 2 aliphatic rings. The Kier molecular flexibility index (Phi) is 5.24. The van der Waals surface area contributed by atoms with Gasteiger partial charge in [0.05, 0.1) is 21.3 Å². The smallest absolute Gasteiger partial charge is 0.226 e. The van der Waals surface area contributed by atoms with Crippen LogP contribution in [0.1, 0.15) is 30.9 Å². The monoisotopic (exact) mass is 450 g/mol. The first-order chi connectivity index (χ1) is 16.0. The highest BCUT2D eigenvalue weighted by Crippen LogP contribution is 2.46. The van der Waals surface area contributed by atoms with E-state index in [1.54, 1.807) is 44.2 Å². The van der Waals surface area contributed by atoms with E-state index in [9.17, 15) is 9.18 Å². The summed E-state index contributed by atoms with van der Waals surface area (Å²) in [6, 6.07) is 8.96. The van der Waals surface area contributed by atoms with Crippen molar-refractivity contribution < 1.29 is 23.4 Å². The SMILES string of the molecule is COc1cc(OC)c(C2C3=C(CCCC3=O)Nc3nc(-c4ccc(F)cc4)nn32)cc1OC. The molecule has 33 heavy (non-hydrogen) atoms. The predicted octanol–water partition coefficient (Wildman–Crippen LogP) is 4.13. The van der Waals surface area contributed by atoms with E-state index in [0.717, 1.165) is 18.5 Å². The van der Waals surface area contributed by atoms with Crippen LogP contribution in [-0.2, 0) is 4.79 Å². The number of halogens is 1. The van der Waals surface area contributed by atoms with Crippen molar-refractivity contribution in [2.45, 2.75) is 25.3 Å². The number of ether oxygens (including phenoxy) is 3. The molecule has 0 amide bonds. The molecule has 9 heteroatoms. The van der Waals surface area contributed by atoms with E-state index in [0.29, 0.717) is 52.1 Å². The molecule has 0 fully saturated rings. The number of allylic oxidation sites excluding steroid dienone is 2. The number of carbonyl (C=O) groups is 1. The third-order valence-electron chi connectivity index (χ3n) is 6.00. The summed E-state index contributed by atoms with van der Waals surface area (Å²) in [6.45, 7) is 0. The fourth-order valence-corrected chi connectivity index (χ4v) is 4.43. The molecule has 0 radical (unpaired) electrons. The molecule has 1 atom stereocenters. The lowest BCUT2D eigenvalue weighted by molar-refractivity contribution is -0.116. The average Bonchev–Trinajstić information content (AvgIpc) is 3.26. The Morgan fingerprint density at radius 2 is 1.70 bits per heavy atom. The maximum absolute atomic E-state index is 13.4. The summed E-state index contributed by atoms with van der Waals surface area (Å²) in [6.07, 6.45) is 1.95. The number of benzene rings is 2. The van der Waals surface area contributed by atoms with Gasteiger partial charge in [-0.3, -0.25) is 4.79 Å². The quantitative estimate of drug-likeness (QED) is 0.625. The molecule has 0 bridgehead atoms. The Morgan fingerprint density at radius 1 is 1.00 bits per heavy atom. The number of rotatable bonds is 5. The van der Waals surface area contributed by atoms with E-state index in [1.165, 1.54) is 12.1 Å². The fraction of sp³-hybridized carbons (Fsp3) is 0.292. The summed E-state index contributed by atoms with van der Waals surface area (Å²) in [5, 5.41) is 8.01. The second kappa shape index (κ2) is 8.23. The molecule has 2 aromatic carbocycles. The van der Waals surface area contributed by atoms with Crippen LogP contribution in [0.2, 0.25) is 0 Å². The van der Waals surface area contributed by atoms with E-state index in [-0.39, 0.29) is 11.6 Å². The number of hydrogen-bond acceptors (Lipinski definition) is 7. The number of Topliss-reactive ketones (excluding diaryl/α,β-unsaturated/α-hetero) is 1. The third-order valence-corrected chi connectivity index (χ3v) is 6.00. The van der Waals surface area contributed by atoms with Crippen LogP contribution in [0.5, 0.6) is 17.2 Å². The minimum absolute atomic E-state index is 0.0510. The summed E-state index contributed by atoms with van der Waals surface area (Å²) < 4.78 is 31.8. The highest BCUT2D eigenvalue weighted by atomic mass is 19.1. The van der Waals surface area contributed by atoms with Crippen LogP contribution in [0.4, 0.5) is 10.3 Å². The molecule has 1 unspecified atom stereocenters. The summed E-state index contributed by atoms with van der Waals surface area (Å²) in [5.41, 5.74) is 2.84. The maximum atomic E-state index is 13.4. The van der Waals surface area contributed by atoms with E-state index < -0.39 is 6.04 Å². The van der Waals surface area contributed by atoms with Gasteiger partial charge < -0.3 is 19.5 Å². The van der Waals surface area contributed by atoms with Crippen molar-refractivity contribution in [2.75, 3.05) is 26.6 Å². The molecule has 1 N–H and O–H groups in total. The summed E-state index contributed by atoms with van der Waals surface area (Å²) >= 11 is 0. The van der Waals surface area contributed by atoms with Crippen LogP contribution in [0, 0.1) is 5.82 Å². The van der Waals surface area contributed by atoms with Crippen molar-refractivity contribution in [3.8, 4) is 28.6 Å². The zero-order chi connectivity index (χ0) is 23.1. The van der Waals surface area contributed by atoms with E-state index in [4.69, 9.17) is 19.3 Å². The first-order valence-electron chi connectivity index (χ1n) is 10.6. The number of hydrogen-bond donors (Lipinski definition) is 1. The van der Waals surface area contributed by atoms with Gasteiger partial charge in [0.25, 0.3) is 0 Å².